The van der Waals surface area contributed by atoms with Crippen molar-refractivity contribution in [1.82, 2.24) is 15.0 Å². The van der Waals surface area contributed by atoms with Gasteiger partial charge < -0.3 is 25.7 Å². The molecule has 0 atom stereocenters. The molecular weight excluding hydrogens is 272 g/mol. The monoisotopic (exact) mass is 298 g/mol. The molecule has 0 amide bonds. The summed E-state index contributed by atoms with van der Waals surface area (Å²) in [5.74, 6) is 1.41. The number of aromatic nitrogens is 3. The summed E-state index contributed by atoms with van der Waals surface area (Å²) in [4.78, 5) is 15.0. The Balaban J connectivity index is 3.01. The van der Waals surface area contributed by atoms with Gasteiger partial charge in [0.05, 0.1) is 19.3 Å². The van der Waals surface area contributed by atoms with Gasteiger partial charge in [-0.2, -0.15) is 15.0 Å². The fraction of sp³-hybridized carbons (Fsp3) is 0.769. The molecule has 4 N–H and O–H groups in total. The van der Waals surface area contributed by atoms with Gasteiger partial charge in [-0.1, -0.05) is 6.92 Å². The first-order chi connectivity index (χ1) is 10.2. The van der Waals surface area contributed by atoms with Gasteiger partial charge in [-0.25, -0.2) is 0 Å². The van der Waals surface area contributed by atoms with Gasteiger partial charge in [-0.15, -0.1) is 0 Å². The van der Waals surface area contributed by atoms with Crippen LogP contribution in [0.5, 0.6) is 0 Å². The molecule has 1 rings (SSSR count). The minimum Gasteiger partial charge on any atom is -0.394 e. The van der Waals surface area contributed by atoms with E-state index in [1.165, 1.54) is 0 Å². The highest BCUT2D eigenvalue weighted by Gasteiger charge is 2.13. The van der Waals surface area contributed by atoms with Crippen LogP contribution in [0.3, 0.4) is 0 Å². The lowest BCUT2D eigenvalue weighted by Crippen LogP contribution is -2.30. The molecule has 120 valence electrons. The summed E-state index contributed by atoms with van der Waals surface area (Å²) in [6, 6.07) is -0.490. The molecule has 0 unspecified atom stereocenters. The number of rotatable bonds is 10. The first-order valence-corrected chi connectivity index (χ1v) is 7.41. The Labute approximate surface area is 125 Å². The van der Waals surface area contributed by atoms with Crippen LogP contribution in [0.2, 0.25) is 0 Å². The van der Waals surface area contributed by atoms with Gasteiger partial charge in [0.2, 0.25) is 17.8 Å². The Morgan fingerprint density at radius 2 is 1.62 bits per heavy atom. The third-order valence-corrected chi connectivity index (χ3v) is 2.98. The standard InChI is InChI=1S/C13H26N6O2/c1-4-7-14-11-16-12(15-10(8-20)9-21)18-13(17-11)19(5-2)6-3/h10,20-21H,4-9H2,1-3H3,(H2,14,15,16,17,18). The number of aliphatic hydroxyl groups is 2. The molecule has 0 spiro atoms. The molecule has 0 aliphatic carbocycles. The lowest BCUT2D eigenvalue weighted by atomic mass is 10.3. The lowest BCUT2D eigenvalue weighted by Gasteiger charge is -2.21. The van der Waals surface area contributed by atoms with Gasteiger partial charge >= 0.3 is 0 Å². The zero-order valence-corrected chi connectivity index (χ0v) is 13.0. The van der Waals surface area contributed by atoms with E-state index in [9.17, 15) is 0 Å². The number of hydrogen-bond donors (Lipinski definition) is 4. The molecule has 0 radical (unpaired) electrons. The van der Waals surface area contributed by atoms with E-state index in [-0.39, 0.29) is 13.2 Å². The van der Waals surface area contributed by atoms with Gasteiger partial charge in [0, 0.05) is 19.6 Å². The van der Waals surface area contributed by atoms with Crippen molar-refractivity contribution < 1.29 is 10.2 Å². The van der Waals surface area contributed by atoms with E-state index < -0.39 is 6.04 Å². The van der Waals surface area contributed by atoms with Gasteiger partial charge in [-0.05, 0) is 20.3 Å². The van der Waals surface area contributed by atoms with Crippen molar-refractivity contribution in [3.05, 3.63) is 0 Å². The van der Waals surface area contributed by atoms with Crippen molar-refractivity contribution in [3.8, 4) is 0 Å². The van der Waals surface area contributed by atoms with Crippen LogP contribution < -0.4 is 15.5 Å². The molecule has 0 aliphatic heterocycles. The van der Waals surface area contributed by atoms with Crippen molar-refractivity contribution in [2.24, 2.45) is 0 Å². The molecule has 0 saturated heterocycles. The summed E-state index contributed by atoms with van der Waals surface area (Å²) in [7, 11) is 0. The van der Waals surface area contributed by atoms with Crippen molar-refractivity contribution in [3.63, 3.8) is 0 Å². The Bertz CT molecular complexity index is 410. The highest BCUT2D eigenvalue weighted by molar-refractivity contribution is 5.44. The molecule has 0 saturated carbocycles. The highest BCUT2D eigenvalue weighted by atomic mass is 16.3. The van der Waals surface area contributed by atoms with E-state index in [4.69, 9.17) is 10.2 Å². The summed E-state index contributed by atoms with van der Waals surface area (Å²) in [5, 5.41) is 24.3. The van der Waals surface area contributed by atoms with Crippen LogP contribution in [0.1, 0.15) is 27.2 Å². The molecule has 1 aromatic heterocycles. The van der Waals surface area contributed by atoms with Crippen molar-refractivity contribution >= 4 is 17.8 Å². The Morgan fingerprint density at radius 1 is 1.00 bits per heavy atom. The van der Waals surface area contributed by atoms with Gasteiger partial charge in [0.15, 0.2) is 0 Å². The summed E-state index contributed by atoms with van der Waals surface area (Å²) >= 11 is 0. The number of aliphatic hydroxyl groups excluding tert-OH is 2. The van der Waals surface area contributed by atoms with Gasteiger partial charge in [0.1, 0.15) is 0 Å². The predicted molar refractivity (Wildman–Crippen MR) is 83.8 cm³/mol. The fourth-order valence-electron chi connectivity index (χ4n) is 1.72. The van der Waals surface area contributed by atoms with E-state index >= 15 is 0 Å². The van der Waals surface area contributed by atoms with Gasteiger partial charge in [-0.3, -0.25) is 0 Å². The molecule has 8 heteroatoms. The van der Waals surface area contributed by atoms with E-state index in [1.807, 2.05) is 18.7 Å². The van der Waals surface area contributed by atoms with E-state index in [0.29, 0.717) is 17.8 Å². The van der Waals surface area contributed by atoms with E-state index in [2.05, 4.69) is 32.5 Å². The highest BCUT2D eigenvalue weighted by Crippen LogP contribution is 2.14. The minimum atomic E-state index is -0.490. The van der Waals surface area contributed by atoms with Crippen LogP contribution in [-0.2, 0) is 0 Å². The zero-order valence-electron chi connectivity index (χ0n) is 13.0. The smallest absolute Gasteiger partial charge is 0.231 e. The van der Waals surface area contributed by atoms with E-state index in [1.54, 1.807) is 0 Å². The van der Waals surface area contributed by atoms with Crippen molar-refractivity contribution in [1.29, 1.82) is 0 Å². The minimum absolute atomic E-state index is 0.194. The maximum absolute atomic E-state index is 9.15. The predicted octanol–water partition coefficient (Wildman–Crippen LogP) is 0.305. The largest absolute Gasteiger partial charge is 0.394 e. The van der Waals surface area contributed by atoms with Crippen LogP contribution >= 0.6 is 0 Å². The number of anilines is 3. The lowest BCUT2D eigenvalue weighted by molar-refractivity contribution is 0.203. The molecule has 0 fully saturated rings. The second kappa shape index (κ2) is 9.30. The van der Waals surface area contributed by atoms with Crippen molar-refractivity contribution in [2.45, 2.75) is 33.2 Å². The molecule has 1 heterocycles. The zero-order chi connectivity index (χ0) is 15.7. The van der Waals surface area contributed by atoms with Crippen LogP contribution in [0, 0.1) is 0 Å². The first-order valence-electron chi connectivity index (χ1n) is 7.41. The van der Waals surface area contributed by atoms with Crippen LogP contribution in [0.4, 0.5) is 17.8 Å². The summed E-state index contributed by atoms with van der Waals surface area (Å²) in [6.07, 6.45) is 0.963. The Hall–Kier alpha value is -1.67. The van der Waals surface area contributed by atoms with Gasteiger partial charge in [0.25, 0.3) is 0 Å². The SMILES string of the molecule is CCCNc1nc(NC(CO)CO)nc(N(CC)CC)n1. The first kappa shape index (κ1) is 17.4. The third kappa shape index (κ3) is 5.31. The second-order valence-electron chi connectivity index (χ2n) is 4.59. The number of nitrogens with one attached hydrogen (secondary N) is 2. The summed E-state index contributed by atoms with van der Waals surface area (Å²) < 4.78 is 0. The quantitative estimate of drug-likeness (QED) is 0.489. The average Bonchev–Trinajstić information content (AvgIpc) is 2.51. The number of nitrogens with zero attached hydrogens (tertiary/aromatic N) is 4. The molecule has 1 aromatic rings. The van der Waals surface area contributed by atoms with E-state index in [0.717, 1.165) is 26.1 Å². The Kier molecular flexibility index (Phi) is 7.70. The molecule has 0 aliphatic rings. The maximum atomic E-state index is 9.15. The van der Waals surface area contributed by atoms with Crippen LogP contribution in [0.25, 0.3) is 0 Å². The summed E-state index contributed by atoms with van der Waals surface area (Å²) in [5.41, 5.74) is 0. The molecule has 0 bridgehead atoms. The molecule has 21 heavy (non-hydrogen) atoms. The maximum Gasteiger partial charge on any atom is 0.231 e. The van der Waals surface area contributed by atoms with Crippen LogP contribution in [-0.4, -0.2) is 64.1 Å². The molecule has 0 aromatic carbocycles. The average molecular weight is 298 g/mol. The normalized spacial score (nSPS) is 10.8. The fourth-order valence-corrected chi connectivity index (χ4v) is 1.72. The Morgan fingerprint density at radius 3 is 2.14 bits per heavy atom. The topological polar surface area (TPSA) is 106 Å². The summed E-state index contributed by atoms with van der Waals surface area (Å²) in [6.45, 7) is 8.08. The van der Waals surface area contributed by atoms with Crippen molar-refractivity contribution in [2.75, 3.05) is 48.4 Å². The molecule has 8 nitrogen and oxygen atoms in total. The molecular formula is C13H26N6O2. The second-order valence-corrected chi connectivity index (χ2v) is 4.59. The number of hydrogen-bond acceptors (Lipinski definition) is 8. The third-order valence-electron chi connectivity index (χ3n) is 2.98. The van der Waals surface area contributed by atoms with Crippen LogP contribution in [0.15, 0.2) is 0 Å².